The molecule has 1 aliphatic rings. The first-order chi connectivity index (χ1) is 7.70. The number of aryl methyl sites for hydroxylation is 1. The van der Waals surface area contributed by atoms with E-state index in [-0.39, 0.29) is 6.61 Å². The van der Waals surface area contributed by atoms with E-state index in [9.17, 15) is 0 Å². The quantitative estimate of drug-likeness (QED) is 0.852. The maximum absolute atomic E-state index is 8.85. The van der Waals surface area contributed by atoms with Crippen LogP contribution in [0.15, 0.2) is 6.07 Å². The number of rotatable bonds is 5. The first-order valence-electron chi connectivity index (χ1n) is 5.83. The molecule has 0 saturated heterocycles. The summed E-state index contributed by atoms with van der Waals surface area (Å²) in [7, 11) is 0. The highest BCUT2D eigenvalue weighted by molar-refractivity contribution is 7.16. The summed E-state index contributed by atoms with van der Waals surface area (Å²) in [5, 5.41) is 12.4. The van der Waals surface area contributed by atoms with Crippen LogP contribution in [0.4, 0.5) is 0 Å². The lowest BCUT2D eigenvalue weighted by atomic mass is 10.1. The van der Waals surface area contributed by atoms with Gasteiger partial charge in [0, 0.05) is 17.5 Å². The van der Waals surface area contributed by atoms with Crippen LogP contribution in [0.2, 0.25) is 4.34 Å². The summed E-state index contributed by atoms with van der Waals surface area (Å²) >= 11 is 7.72. The van der Waals surface area contributed by atoms with E-state index in [1.165, 1.54) is 16.9 Å². The Labute approximate surface area is 106 Å². The molecule has 0 aliphatic heterocycles. The fourth-order valence-electron chi connectivity index (χ4n) is 2.21. The van der Waals surface area contributed by atoms with Crippen LogP contribution in [0.3, 0.4) is 0 Å². The zero-order valence-corrected chi connectivity index (χ0v) is 11.1. The second kappa shape index (κ2) is 5.50. The Morgan fingerprint density at radius 3 is 3.25 bits per heavy atom. The first-order valence-corrected chi connectivity index (χ1v) is 7.02. The van der Waals surface area contributed by atoms with E-state index in [0.29, 0.717) is 12.0 Å². The maximum atomic E-state index is 8.85. The van der Waals surface area contributed by atoms with Gasteiger partial charge in [0.25, 0.3) is 0 Å². The van der Waals surface area contributed by atoms with E-state index in [4.69, 9.17) is 16.7 Å². The van der Waals surface area contributed by atoms with Crippen molar-refractivity contribution in [1.82, 2.24) is 5.32 Å². The zero-order valence-electron chi connectivity index (χ0n) is 9.50. The fourth-order valence-corrected chi connectivity index (χ4v) is 3.57. The van der Waals surface area contributed by atoms with Crippen LogP contribution in [0, 0.1) is 5.92 Å². The summed E-state index contributed by atoms with van der Waals surface area (Å²) in [6.45, 7) is 3.42. The topological polar surface area (TPSA) is 32.3 Å². The van der Waals surface area contributed by atoms with E-state index in [1.807, 2.05) is 0 Å². The van der Waals surface area contributed by atoms with Crippen LogP contribution < -0.4 is 5.32 Å². The van der Waals surface area contributed by atoms with Crippen molar-refractivity contribution in [2.24, 2.45) is 5.92 Å². The van der Waals surface area contributed by atoms with Crippen molar-refractivity contribution in [3.05, 3.63) is 20.8 Å². The molecular formula is C12H18ClNOS. The molecule has 0 amide bonds. The molecule has 16 heavy (non-hydrogen) atoms. The predicted octanol–water partition coefficient (Wildman–Crippen LogP) is 3.00. The molecule has 1 aliphatic carbocycles. The third-order valence-corrected chi connectivity index (χ3v) is 4.52. The van der Waals surface area contributed by atoms with Crippen LogP contribution in [-0.4, -0.2) is 18.3 Å². The summed E-state index contributed by atoms with van der Waals surface area (Å²) in [5.74, 6) is 0.531. The molecule has 1 heterocycles. The lowest BCUT2D eigenvalue weighted by Crippen LogP contribution is -2.25. The SMILES string of the molecule is CC(CCO)CNC1CCc2sc(Cl)cc21. The minimum absolute atomic E-state index is 0.281. The van der Waals surface area contributed by atoms with Gasteiger partial charge >= 0.3 is 0 Å². The smallest absolute Gasteiger partial charge is 0.0934 e. The monoisotopic (exact) mass is 259 g/mol. The van der Waals surface area contributed by atoms with Crippen molar-refractivity contribution in [3.63, 3.8) is 0 Å². The van der Waals surface area contributed by atoms with Gasteiger partial charge in [0.2, 0.25) is 0 Å². The zero-order chi connectivity index (χ0) is 11.5. The standard InChI is InChI=1S/C12H18ClNOS/c1-8(4-5-15)7-14-10-2-3-11-9(10)6-12(13)16-11/h6,8,10,14-15H,2-5,7H2,1H3. The van der Waals surface area contributed by atoms with Crippen LogP contribution in [-0.2, 0) is 6.42 Å². The van der Waals surface area contributed by atoms with Gasteiger partial charge in [-0.15, -0.1) is 11.3 Å². The van der Waals surface area contributed by atoms with Gasteiger partial charge in [-0.2, -0.15) is 0 Å². The van der Waals surface area contributed by atoms with Gasteiger partial charge in [-0.05, 0) is 43.4 Å². The maximum Gasteiger partial charge on any atom is 0.0934 e. The Balaban J connectivity index is 1.88. The molecule has 0 fully saturated rings. The predicted molar refractivity (Wildman–Crippen MR) is 69.3 cm³/mol. The third-order valence-electron chi connectivity index (χ3n) is 3.18. The van der Waals surface area contributed by atoms with E-state index in [1.54, 1.807) is 11.3 Å². The number of hydrogen-bond acceptors (Lipinski definition) is 3. The second-order valence-corrected chi connectivity index (χ2v) is 6.31. The van der Waals surface area contributed by atoms with E-state index in [0.717, 1.165) is 23.7 Å². The Morgan fingerprint density at radius 2 is 2.50 bits per heavy atom. The van der Waals surface area contributed by atoms with Gasteiger partial charge in [-0.1, -0.05) is 18.5 Å². The highest BCUT2D eigenvalue weighted by Gasteiger charge is 2.24. The molecule has 0 spiro atoms. The van der Waals surface area contributed by atoms with Gasteiger partial charge in [0.15, 0.2) is 0 Å². The Kier molecular flexibility index (Phi) is 4.25. The van der Waals surface area contributed by atoms with E-state index < -0.39 is 0 Å². The molecule has 4 heteroatoms. The number of hydrogen-bond donors (Lipinski definition) is 2. The average molecular weight is 260 g/mol. The van der Waals surface area contributed by atoms with Gasteiger partial charge < -0.3 is 10.4 Å². The summed E-state index contributed by atoms with van der Waals surface area (Å²) in [5.41, 5.74) is 1.39. The molecule has 0 saturated carbocycles. The molecular weight excluding hydrogens is 242 g/mol. The molecule has 2 unspecified atom stereocenters. The van der Waals surface area contributed by atoms with Crippen molar-refractivity contribution in [1.29, 1.82) is 0 Å². The molecule has 2 nitrogen and oxygen atoms in total. The lowest BCUT2D eigenvalue weighted by Gasteiger charge is -2.16. The molecule has 1 aromatic rings. The second-order valence-electron chi connectivity index (χ2n) is 4.55. The number of aliphatic hydroxyl groups excluding tert-OH is 1. The number of fused-ring (bicyclic) bond motifs is 1. The average Bonchev–Trinajstić information content (AvgIpc) is 2.75. The summed E-state index contributed by atoms with van der Waals surface area (Å²) in [6.07, 6.45) is 3.21. The van der Waals surface area contributed by atoms with Crippen LogP contribution in [0.5, 0.6) is 0 Å². The normalized spacial score (nSPS) is 21.1. The van der Waals surface area contributed by atoms with Gasteiger partial charge in [-0.3, -0.25) is 0 Å². The number of nitrogens with one attached hydrogen (secondary N) is 1. The van der Waals surface area contributed by atoms with Crippen LogP contribution in [0.1, 0.15) is 36.2 Å². The number of aliphatic hydroxyl groups is 1. The van der Waals surface area contributed by atoms with Crippen molar-refractivity contribution in [2.75, 3.05) is 13.2 Å². The molecule has 2 atom stereocenters. The number of thiophene rings is 1. The third kappa shape index (κ3) is 2.77. The first kappa shape index (κ1) is 12.4. The van der Waals surface area contributed by atoms with Gasteiger partial charge in [0.1, 0.15) is 0 Å². The molecule has 0 aromatic carbocycles. The molecule has 0 radical (unpaired) electrons. The van der Waals surface area contributed by atoms with E-state index in [2.05, 4.69) is 18.3 Å². The Morgan fingerprint density at radius 1 is 1.69 bits per heavy atom. The minimum Gasteiger partial charge on any atom is -0.396 e. The minimum atomic E-state index is 0.281. The highest BCUT2D eigenvalue weighted by atomic mass is 35.5. The van der Waals surface area contributed by atoms with Gasteiger partial charge in [-0.25, -0.2) is 0 Å². The molecule has 1 aromatic heterocycles. The Bertz CT molecular complexity index is 353. The highest BCUT2D eigenvalue weighted by Crippen LogP contribution is 2.39. The summed E-state index contributed by atoms with van der Waals surface area (Å²) in [4.78, 5) is 1.44. The van der Waals surface area contributed by atoms with Crippen molar-refractivity contribution in [3.8, 4) is 0 Å². The fraction of sp³-hybridized carbons (Fsp3) is 0.667. The lowest BCUT2D eigenvalue weighted by molar-refractivity contribution is 0.257. The number of halogens is 1. The van der Waals surface area contributed by atoms with Crippen LogP contribution in [0.25, 0.3) is 0 Å². The van der Waals surface area contributed by atoms with E-state index >= 15 is 0 Å². The molecule has 2 N–H and O–H groups in total. The largest absolute Gasteiger partial charge is 0.396 e. The van der Waals surface area contributed by atoms with Crippen molar-refractivity contribution in [2.45, 2.75) is 32.2 Å². The molecule has 90 valence electrons. The van der Waals surface area contributed by atoms with Crippen molar-refractivity contribution >= 4 is 22.9 Å². The Hall–Kier alpha value is -0.0900. The summed E-state index contributed by atoms with van der Waals surface area (Å²) in [6, 6.07) is 2.57. The molecule has 2 rings (SSSR count). The van der Waals surface area contributed by atoms with Crippen LogP contribution >= 0.6 is 22.9 Å². The van der Waals surface area contributed by atoms with Gasteiger partial charge in [0.05, 0.1) is 4.34 Å². The summed E-state index contributed by atoms with van der Waals surface area (Å²) < 4.78 is 0.903. The van der Waals surface area contributed by atoms with Crippen molar-refractivity contribution < 1.29 is 5.11 Å². The molecule has 0 bridgehead atoms.